The van der Waals surface area contributed by atoms with Crippen molar-refractivity contribution in [3.8, 4) is 0 Å². The molecule has 36 heavy (non-hydrogen) atoms. The molecule has 3 nitrogen and oxygen atoms in total. The Labute approximate surface area is 209 Å². The van der Waals surface area contributed by atoms with E-state index in [0.29, 0.717) is 48.8 Å². The van der Waals surface area contributed by atoms with Gasteiger partial charge in [-0.15, -0.1) is 11.6 Å². The SMILES string of the molecule is Cc1ccc(C[C@@H]2CN(C/C=C/CCl)CCN2C(=O)c2cc(C(F)(F)F)cc(C(F)(F)F)c2)cc1F. The van der Waals surface area contributed by atoms with Gasteiger partial charge in [0.1, 0.15) is 5.82 Å². The first-order chi connectivity index (χ1) is 16.8. The maximum atomic E-state index is 14.1. The molecule has 3 rings (SSSR count). The number of hydrogen-bond acceptors (Lipinski definition) is 2. The number of rotatable bonds is 6. The smallest absolute Gasteiger partial charge is 0.333 e. The summed E-state index contributed by atoms with van der Waals surface area (Å²) in [4.78, 5) is 16.6. The second-order valence-corrected chi connectivity index (χ2v) is 8.93. The van der Waals surface area contributed by atoms with Gasteiger partial charge in [-0.05, 0) is 48.7 Å². The zero-order chi connectivity index (χ0) is 26.7. The summed E-state index contributed by atoms with van der Waals surface area (Å²) in [6.45, 7) is 2.80. The van der Waals surface area contributed by atoms with Crippen LogP contribution in [0.2, 0.25) is 0 Å². The Balaban J connectivity index is 1.96. The molecule has 11 heteroatoms. The average Bonchev–Trinajstić information content (AvgIpc) is 2.80. The third-order valence-electron chi connectivity index (χ3n) is 5.99. The maximum absolute atomic E-state index is 14.1. The molecule has 0 bridgehead atoms. The lowest BCUT2D eigenvalue weighted by atomic mass is 9.98. The van der Waals surface area contributed by atoms with Crippen LogP contribution in [0.5, 0.6) is 0 Å². The molecule has 2 aromatic carbocycles. The van der Waals surface area contributed by atoms with Crippen LogP contribution in [0.15, 0.2) is 48.6 Å². The molecular formula is C25H24ClF7N2O. The van der Waals surface area contributed by atoms with Gasteiger partial charge in [0.05, 0.1) is 11.1 Å². The molecule has 1 heterocycles. The van der Waals surface area contributed by atoms with Gasteiger partial charge in [0.2, 0.25) is 0 Å². The molecule has 1 aliphatic rings. The summed E-state index contributed by atoms with van der Waals surface area (Å²) in [5, 5.41) is 0. The van der Waals surface area contributed by atoms with E-state index in [4.69, 9.17) is 11.6 Å². The second-order valence-electron chi connectivity index (χ2n) is 8.62. The van der Waals surface area contributed by atoms with E-state index in [9.17, 15) is 35.5 Å². The summed E-state index contributed by atoms with van der Waals surface area (Å²) in [5.41, 5.74) is -2.83. The first kappa shape index (κ1) is 28.0. The van der Waals surface area contributed by atoms with Crippen molar-refractivity contribution < 1.29 is 35.5 Å². The summed E-state index contributed by atoms with van der Waals surface area (Å²) in [7, 11) is 0. The van der Waals surface area contributed by atoms with Crippen molar-refractivity contribution in [1.29, 1.82) is 0 Å². The van der Waals surface area contributed by atoms with Crippen LogP contribution in [-0.4, -0.2) is 53.8 Å². The van der Waals surface area contributed by atoms with E-state index in [2.05, 4.69) is 0 Å². The number of halogens is 8. The van der Waals surface area contributed by atoms with Gasteiger partial charge in [-0.2, -0.15) is 26.3 Å². The molecule has 2 aromatic rings. The molecule has 0 N–H and O–H groups in total. The highest BCUT2D eigenvalue weighted by atomic mass is 35.5. The van der Waals surface area contributed by atoms with E-state index in [1.807, 2.05) is 11.0 Å². The van der Waals surface area contributed by atoms with Crippen LogP contribution in [-0.2, 0) is 18.8 Å². The van der Waals surface area contributed by atoms with Crippen molar-refractivity contribution in [2.24, 2.45) is 0 Å². The highest BCUT2D eigenvalue weighted by molar-refractivity contribution is 6.18. The molecular weight excluding hydrogens is 513 g/mol. The molecule has 0 radical (unpaired) electrons. The second kappa shape index (κ2) is 11.2. The number of hydrogen-bond donors (Lipinski definition) is 0. The third kappa shape index (κ3) is 7.00. The minimum absolute atomic E-state index is 0.00944. The van der Waals surface area contributed by atoms with Crippen molar-refractivity contribution in [2.75, 3.05) is 32.1 Å². The summed E-state index contributed by atoms with van der Waals surface area (Å²) in [6, 6.07) is 4.83. The van der Waals surface area contributed by atoms with Crippen molar-refractivity contribution >= 4 is 17.5 Å². The summed E-state index contributed by atoms with van der Waals surface area (Å²) in [6.07, 6.45) is -6.39. The number of allylic oxidation sites excluding steroid dienone is 1. The van der Waals surface area contributed by atoms with Crippen molar-refractivity contribution in [2.45, 2.75) is 31.7 Å². The fourth-order valence-corrected chi connectivity index (χ4v) is 4.22. The molecule has 1 atom stereocenters. The zero-order valence-electron chi connectivity index (χ0n) is 19.3. The van der Waals surface area contributed by atoms with E-state index < -0.39 is 46.8 Å². The summed E-state index contributed by atoms with van der Waals surface area (Å²) >= 11 is 5.65. The molecule has 1 saturated heterocycles. The normalized spacial score (nSPS) is 17.7. The van der Waals surface area contributed by atoms with Gasteiger partial charge >= 0.3 is 12.4 Å². The molecule has 0 spiro atoms. The summed E-state index contributed by atoms with van der Waals surface area (Å²) < 4.78 is 94.1. The number of benzene rings is 2. The monoisotopic (exact) mass is 536 g/mol. The number of nitrogens with zero attached hydrogens (tertiary/aromatic N) is 2. The first-order valence-electron chi connectivity index (χ1n) is 11.1. The topological polar surface area (TPSA) is 23.6 Å². The lowest BCUT2D eigenvalue weighted by Gasteiger charge is -2.41. The van der Waals surface area contributed by atoms with Crippen molar-refractivity contribution in [3.05, 3.63) is 82.2 Å². The minimum atomic E-state index is -5.07. The van der Waals surface area contributed by atoms with Crippen LogP contribution in [0.4, 0.5) is 30.7 Å². The van der Waals surface area contributed by atoms with Crippen LogP contribution in [0.3, 0.4) is 0 Å². The largest absolute Gasteiger partial charge is 0.416 e. The molecule has 0 unspecified atom stereocenters. The van der Waals surface area contributed by atoms with E-state index in [1.54, 1.807) is 25.1 Å². The Morgan fingerprint density at radius 3 is 2.19 bits per heavy atom. The Kier molecular flexibility index (Phi) is 8.71. The van der Waals surface area contributed by atoms with Gasteiger partial charge in [-0.25, -0.2) is 4.39 Å². The highest BCUT2D eigenvalue weighted by Crippen LogP contribution is 2.37. The lowest BCUT2D eigenvalue weighted by molar-refractivity contribution is -0.143. The van der Waals surface area contributed by atoms with Gasteiger partial charge in [0.25, 0.3) is 5.91 Å². The van der Waals surface area contributed by atoms with E-state index in [0.717, 1.165) is 0 Å². The zero-order valence-corrected chi connectivity index (χ0v) is 20.0. The van der Waals surface area contributed by atoms with Crippen LogP contribution < -0.4 is 0 Å². The number of amides is 1. The Morgan fingerprint density at radius 1 is 1.00 bits per heavy atom. The van der Waals surface area contributed by atoms with Crippen LogP contribution in [0.1, 0.15) is 32.6 Å². The molecule has 0 aliphatic carbocycles. The Bertz CT molecular complexity index is 1080. The third-order valence-corrected chi connectivity index (χ3v) is 6.17. The minimum Gasteiger partial charge on any atom is -0.333 e. The van der Waals surface area contributed by atoms with Gasteiger partial charge in [-0.1, -0.05) is 24.3 Å². The van der Waals surface area contributed by atoms with Gasteiger partial charge in [0, 0.05) is 43.7 Å². The van der Waals surface area contributed by atoms with Crippen LogP contribution in [0, 0.1) is 12.7 Å². The average molecular weight is 537 g/mol. The molecule has 0 aromatic heterocycles. The highest BCUT2D eigenvalue weighted by Gasteiger charge is 2.39. The molecule has 1 aliphatic heterocycles. The van der Waals surface area contributed by atoms with Crippen LogP contribution >= 0.6 is 11.6 Å². The number of alkyl halides is 7. The standard InChI is InChI=1S/C25H24ClF7N2O/c1-16-4-5-17(11-22(16)27)10-21-15-34(7-3-2-6-26)8-9-35(21)23(36)18-12-19(24(28,29)30)14-20(13-18)25(31,32)33/h2-5,11-14,21H,6-10,15H2,1H3/b3-2+/t21-/m1/s1. The fraction of sp³-hybridized carbons (Fsp3) is 0.400. The molecule has 196 valence electrons. The van der Waals surface area contributed by atoms with Gasteiger partial charge in [-0.3, -0.25) is 9.69 Å². The maximum Gasteiger partial charge on any atom is 0.416 e. The van der Waals surface area contributed by atoms with E-state index in [1.165, 1.54) is 11.0 Å². The first-order valence-corrected chi connectivity index (χ1v) is 11.6. The number of piperazine rings is 1. The van der Waals surface area contributed by atoms with Gasteiger partial charge in [0.15, 0.2) is 0 Å². The predicted octanol–water partition coefficient (Wildman–Crippen LogP) is 6.34. The molecule has 1 amide bonds. The lowest BCUT2D eigenvalue weighted by Crippen LogP contribution is -2.56. The quantitative estimate of drug-likeness (QED) is 0.244. The molecule has 0 saturated carbocycles. The number of carbonyl (C=O) groups excluding carboxylic acids is 1. The molecule has 1 fully saturated rings. The van der Waals surface area contributed by atoms with E-state index in [-0.39, 0.29) is 19.0 Å². The van der Waals surface area contributed by atoms with Gasteiger partial charge < -0.3 is 4.90 Å². The fourth-order valence-electron chi connectivity index (χ4n) is 4.09. The van der Waals surface area contributed by atoms with Crippen LogP contribution in [0.25, 0.3) is 0 Å². The van der Waals surface area contributed by atoms with Crippen molar-refractivity contribution in [3.63, 3.8) is 0 Å². The number of aryl methyl sites for hydroxylation is 1. The van der Waals surface area contributed by atoms with E-state index >= 15 is 0 Å². The van der Waals surface area contributed by atoms with Crippen molar-refractivity contribution in [1.82, 2.24) is 9.80 Å². The summed E-state index contributed by atoms with van der Waals surface area (Å²) in [5.74, 6) is -1.09. The number of carbonyl (C=O) groups is 1. The predicted molar refractivity (Wildman–Crippen MR) is 122 cm³/mol. The Hall–Kier alpha value is -2.59. The Morgan fingerprint density at radius 2 is 1.64 bits per heavy atom.